The summed E-state index contributed by atoms with van der Waals surface area (Å²) in [7, 11) is 0. The van der Waals surface area contributed by atoms with Crippen molar-refractivity contribution in [3.05, 3.63) is 66.0 Å². The number of hydrogen-bond acceptors (Lipinski definition) is 1. The van der Waals surface area contributed by atoms with Gasteiger partial charge >= 0.3 is 0 Å². The molecular weight excluding hydrogens is 222 g/mol. The molecule has 0 saturated carbocycles. The molecule has 1 aromatic heterocycles. The maximum atomic E-state index is 8.81. The Hall–Kier alpha value is -1.67. The van der Waals surface area contributed by atoms with E-state index in [2.05, 4.69) is 60.3 Å². The number of aliphatic hydroxyl groups is 1. The Labute approximate surface area is 109 Å². The number of hydrogen-bond donors (Lipinski definition) is 1. The fourth-order valence-electron chi connectivity index (χ4n) is 2.08. The number of aryl methyl sites for hydroxylation is 1. The van der Waals surface area contributed by atoms with Crippen molar-refractivity contribution < 1.29 is 9.67 Å². The van der Waals surface area contributed by atoms with Gasteiger partial charge in [-0.15, -0.1) is 0 Å². The number of rotatable bonds is 5. The van der Waals surface area contributed by atoms with E-state index in [9.17, 15) is 0 Å². The molecule has 0 amide bonds. The maximum Gasteiger partial charge on any atom is 0.180 e. The summed E-state index contributed by atoms with van der Waals surface area (Å²) >= 11 is 0. The molecule has 18 heavy (non-hydrogen) atoms. The molecule has 1 heterocycles. The van der Waals surface area contributed by atoms with Crippen LogP contribution in [0.25, 0.3) is 0 Å². The van der Waals surface area contributed by atoms with Crippen LogP contribution in [0.3, 0.4) is 0 Å². The first-order valence-corrected chi connectivity index (χ1v) is 6.47. The maximum absolute atomic E-state index is 8.81. The zero-order chi connectivity index (χ0) is 12.8. The van der Waals surface area contributed by atoms with Crippen LogP contribution in [0, 0.1) is 0 Å². The highest BCUT2D eigenvalue weighted by Gasteiger charge is 2.13. The SMILES string of the molecule is CC(c1ccccc1)[n+]1ccc(CCCO)cc1. The highest BCUT2D eigenvalue weighted by molar-refractivity contribution is 5.16. The van der Waals surface area contributed by atoms with E-state index in [-0.39, 0.29) is 6.61 Å². The third-order valence-corrected chi connectivity index (χ3v) is 3.27. The second-order valence-electron chi connectivity index (χ2n) is 4.57. The van der Waals surface area contributed by atoms with Gasteiger partial charge in [0, 0.05) is 31.2 Å². The van der Waals surface area contributed by atoms with Gasteiger partial charge in [-0.05, 0) is 18.4 Å². The molecule has 2 nitrogen and oxygen atoms in total. The third kappa shape index (κ3) is 3.17. The van der Waals surface area contributed by atoms with E-state index in [1.54, 1.807) is 0 Å². The second kappa shape index (κ2) is 6.31. The molecule has 1 atom stereocenters. The summed E-state index contributed by atoms with van der Waals surface area (Å²) in [6.07, 6.45) is 6.00. The summed E-state index contributed by atoms with van der Waals surface area (Å²) in [5.41, 5.74) is 2.59. The highest BCUT2D eigenvalue weighted by Crippen LogP contribution is 2.11. The normalized spacial score (nSPS) is 12.3. The van der Waals surface area contributed by atoms with Crippen LogP contribution in [-0.2, 0) is 6.42 Å². The van der Waals surface area contributed by atoms with Gasteiger partial charge in [0.05, 0.1) is 0 Å². The molecule has 0 radical (unpaired) electrons. The van der Waals surface area contributed by atoms with E-state index in [4.69, 9.17) is 5.11 Å². The molecule has 1 aromatic carbocycles. The largest absolute Gasteiger partial charge is 0.396 e. The van der Waals surface area contributed by atoms with Crippen molar-refractivity contribution in [2.24, 2.45) is 0 Å². The average Bonchev–Trinajstić information content (AvgIpc) is 2.46. The molecular formula is C16H20NO+. The molecule has 0 aliphatic heterocycles. The van der Waals surface area contributed by atoms with Gasteiger partial charge in [0.15, 0.2) is 18.4 Å². The zero-order valence-electron chi connectivity index (χ0n) is 10.8. The van der Waals surface area contributed by atoms with E-state index in [0.29, 0.717) is 6.04 Å². The monoisotopic (exact) mass is 242 g/mol. The van der Waals surface area contributed by atoms with Gasteiger partial charge in [-0.1, -0.05) is 30.3 Å². The minimum atomic E-state index is 0.259. The van der Waals surface area contributed by atoms with Crippen molar-refractivity contribution in [1.29, 1.82) is 0 Å². The quantitative estimate of drug-likeness (QED) is 0.800. The van der Waals surface area contributed by atoms with Crippen molar-refractivity contribution in [2.75, 3.05) is 6.61 Å². The highest BCUT2D eigenvalue weighted by atomic mass is 16.2. The van der Waals surface area contributed by atoms with Crippen molar-refractivity contribution >= 4 is 0 Å². The lowest BCUT2D eigenvalue weighted by atomic mass is 10.1. The first-order valence-electron chi connectivity index (χ1n) is 6.47. The van der Waals surface area contributed by atoms with Gasteiger partial charge in [0.1, 0.15) is 0 Å². The summed E-state index contributed by atoms with van der Waals surface area (Å²) in [5.74, 6) is 0. The number of benzene rings is 1. The molecule has 0 aliphatic carbocycles. The molecule has 0 bridgehead atoms. The molecule has 2 heteroatoms. The van der Waals surface area contributed by atoms with Gasteiger partial charge in [-0.25, -0.2) is 0 Å². The molecule has 2 rings (SSSR count). The van der Waals surface area contributed by atoms with E-state index in [1.807, 2.05) is 6.07 Å². The van der Waals surface area contributed by atoms with Gasteiger partial charge in [-0.3, -0.25) is 0 Å². The van der Waals surface area contributed by atoms with Gasteiger partial charge in [-0.2, -0.15) is 4.57 Å². The Balaban J connectivity index is 2.09. The molecule has 1 unspecified atom stereocenters. The number of nitrogens with zero attached hydrogens (tertiary/aromatic N) is 1. The third-order valence-electron chi connectivity index (χ3n) is 3.27. The fourth-order valence-corrected chi connectivity index (χ4v) is 2.08. The van der Waals surface area contributed by atoms with Crippen molar-refractivity contribution in [1.82, 2.24) is 0 Å². The molecule has 2 aromatic rings. The first-order chi connectivity index (χ1) is 8.81. The molecule has 0 saturated heterocycles. The minimum Gasteiger partial charge on any atom is -0.396 e. The van der Waals surface area contributed by atoms with Crippen LogP contribution >= 0.6 is 0 Å². The lowest BCUT2D eigenvalue weighted by Gasteiger charge is -2.07. The van der Waals surface area contributed by atoms with Gasteiger partial charge in [0.25, 0.3) is 0 Å². The van der Waals surface area contributed by atoms with Crippen molar-refractivity contribution in [2.45, 2.75) is 25.8 Å². The van der Waals surface area contributed by atoms with Crippen LogP contribution < -0.4 is 4.57 Å². The summed E-state index contributed by atoms with van der Waals surface area (Å²) in [6.45, 7) is 2.46. The first kappa shape index (κ1) is 12.8. The van der Waals surface area contributed by atoms with Crippen LogP contribution in [0.15, 0.2) is 54.9 Å². The average molecular weight is 242 g/mol. The topological polar surface area (TPSA) is 24.1 Å². The standard InChI is InChI=1S/C16H20NO/c1-14(16-7-3-2-4-8-16)17-11-9-15(10-12-17)6-5-13-18/h2-4,7-12,14,18H,5-6,13H2,1H3/q+1. The second-order valence-corrected chi connectivity index (χ2v) is 4.57. The Kier molecular flexibility index (Phi) is 4.48. The summed E-state index contributed by atoms with van der Waals surface area (Å²) in [4.78, 5) is 0. The van der Waals surface area contributed by atoms with Crippen molar-refractivity contribution in [3.63, 3.8) is 0 Å². The predicted molar refractivity (Wildman–Crippen MR) is 72.3 cm³/mol. The molecule has 0 fully saturated rings. The Morgan fingerprint density at radius 3 is 2.33 bits per heavy atom. The number of pyridine rings is 1. The Bertz CT molecular complexity index is 464. The van der Waals surface area contributed by atoms with Gasteiger partial charge in [0.2, 0.25) is 0 Å². The number of aromatic nitrogens is 1. The van der Waals surface area contributed by atoms with Crippen LogP contribution in [-0.4, -0.2) is 11.7 Å². The van der Waals surface area contributed by atoms with Crippen LogP contribution in [0.5, 0.6) is 0 Å². The van der Waals surface area contributed by atoms with Crippen LogP contribution in [0.2, 0.25) is 0 Å². The summed E-state index contributed by atoms with van der Waals surface area (Å²) < 4.78 is 2.21. The Morgan fingerprint density at radius 1 is 1.06 bits per heavy atom. The molecule has 1 N–H and O–H groups in total. The zero-order valence-corrected chi connectivity index (χ0v) is 10.8. The van der Waals surface area contributed by atoms with Crippen LogP contribution in [0.4, 0.5) is 0 Å². The lowest BCUT2D eigenvalue weighted by Crippen LogP contribution is -2.37. The van der Waals surface area contributed by atoms with Crippen LogP contribution in [0.1, 0.15) is 30.5 Å². The van der Waals surface area contributed by atoms with E-state index in [1.165, 1.54) is 11.1 Å². The Morgan fingerprint density at radius 2 is 1.72 bits per heavy atom. The summed E-state index contributed by atoms with van der Waals surface area (Å²) in [6, 6.07) is 15.1. The van der Waals surface area contributed by atoms with Gasteiger partial charge < -0.3 is 5.11 Å². The van der Waals surface area contributed by atoms with E-state index >= 15 is 0 Å². The van der Waals surface area contributed by atoms with E-state index < -0.39 is 0 Å². The number of aliphatic hydroxyl groups excluding tert-OH is 1. The molecule has 94 valence electrons. The molecule has 0 spiro atoms. The lowest BCUT2D eigenvalue weighted by molar-refractivity contribution is -0.710. The predicted octanol–water partition coefficient (Wildman–Crippen LogP) is 2.51. The fraction of sp³-hybridized carbons (Fsp3) is 0.312. The smallest absolute Gasteiger partial charge is 0.180 e. The summed E-state index contributed by atoms with van der Waals surface area (Å²) in [5, 5.41) is 8.81. The van der Waals surface area contributed by atoms with Crippen molar-refractivity contribution in [3.8, 4) is 0 Å². The minimum absolute atomic E-state index is 0.259. The molecule has 0 aliphatic rings. The van der Waals surface area contributed by atoms with E-state index in [0.717, 1.165) is 12.8 Å².